The number of ketones is 1. The van der Waals surface area contributed by atoms with E-state index < -0.39 is 0 Å². The Balaban J connectivity index is 0.000000384. The summed E-state index contributed by atoms with van der Waals surface area (Å²) in [4.78, 5) is 26.8. The highest BCUT2D eigenvalue weighted by Crippen LogP contribution is 2.39. The summed E-state index contributed by atoms with van der Waals surface area (Å²) in [5.41, 5.74) is 6.03. The van der Waals surface area contributed by atoms with Crippen molar-refractivity contribution >= 4 is 17.5 Å². The van der Waals surface area contributed by atoms with Crippen molar-refractivity contribution in [2.75, 3.05) is 0 Å². The second kappa shape index (κ2) is 16.2. The molecule has 5 heteroatoms. The summed E-state index contributed by atoms with van der Waals surface area (Å²) in [6.07, 6.45) is 12.4. The lowest BCUT2D eigenvalue weighted by Crippen LogP contribution is -2.25. The maximum absolute atomic E-state index is 11.4. The monoisotopic (exact) mass is 514 g/mol. The average molecular weight is 515 g/mol. The van der Waals surface area contributed by atoms with Crippen LogP contribution in [0.1, 0.15) is 83.8 Å². The van der Waals surface area contributed by atoms with Gasteiger partial charge in [-0.3, -0.25) is 9.59 Å². The van der Waals surface area contributed by atoms with Gasteiger partial charge in [-0.1, -0.05) is 81.0 Å². The molecule has 5 nitrogen and oxygen atoms in total. The molecule has 0 heterocycles. The van der Waals surface area contributed by atoms with Crippen LogP contribution in [0.15, 0.2) is 94.7 Å². The lowest BCUT2D eigenvalue weighted by Gasteiger charge is -2.26. The van der Waals surface area contributed by atoms with Crippen molar-refractivity contribution in [3.8, 4) is 5.75 Å². The van der Waals surface area contributed by atoms with Crippen LogP contribution in [0.2, 0.25) is 0 Å². The van der Waals surface area contributed by atoms with E-state index in [0.717, 1.165) is 43.4 Å². The number of carbonyl (C=O) groups excluding carboxylic acids is 2. The van der Waals surface area contributed by atoms with Crippen LogP contribution in [0.4, 0.5) is 0 Å². The molecule has 1 atom stereocenters. The van der Waals surface area contributed by atoms with Crippen LogP contribution in [0.5, 0.6) is 5.75 Å². The van der Waals surface area contributed by atoms with E-state index in [1.807, 2.05) is 6.92 Å². The van der Waals surface area contributed by atoms with Crippen LogP contribution in [-0.4, -0.2) is 22.6 Å². The molecule has 1 amide bonds. The van der Waals surface area contributed by atoms with Crippen molar-refractivity contribution < 1.29 is 14.7 Å². The Morgan fingerprint density at radius 2 is 1.66 bits per heavy atom. The van der Waals surface area contributed by atoms with Crippen LogP contribution in [0, 0.1) is 0 Å². The van der Waals surface area contributed by atoms with Gasteiger partial charge in [0.15, 0.2) is 0 Å². The molecule has 0 saturated heterocycles. The SMILES string of the molecule is CC(=O)Cc1ccc(O)cc1.CCC/C(=C(\CC)N=C(C)NC(C)=O)C(C1=CCCC=C1)c1ccccc1. The Morgan fingerprint density at radius 3 is 2.18 bits per heavy atom. The van der Waals surface area contributed by atoms with E-state index in [2.05, 4.69) is 67.7 Å². The number of amides is 1. The second-order valence-electron chi connectivity index (χ2n) is 9.53. The Hall–Kier alpha value is -3.73. The van der Waals surface area contributed by atoms with Gasteiger partial charge >= 0.3 is 0 Å². The number of aliphatic imine (C=N–C) groups is 1. The highest BCUT2D eigenvalue weighted by Gasteiger charge is 2.23. The molecule has 2 aromatic rings. The largest absolute Gasteiger partial charge is 0.508 e. The molecule has 0 saturated carbocycles. The number of allylic oxidation sites excluding steroid dienone is 6. The third-order valence-corrected chi connectivity index (χ3v) is 6.11. The van der Waals surface area contributed by atoms with Crippen LogP contribution in [-0.2, 0) is 16.0 Å². The predicted molar refractivity (Wildman–Crippen MR) is 157 cm³/mol. The van der Waals surface area contributed by atoms with E-state index in [4.69, 9.17) is 10.1 Å². The van der Waals surface area contributed by atoms with E-state index in [-0.39, 0.29) is 23.4 Å². The molecule has 2 aromatic carbocycles. The van der Waals surface area contributed by atoms with E-state index >= 15 is 0 Å². The number of phenolic OH excluding ortho intramolecular Hbond substituents is 1. The molecular weight excluding hydrogens is 472 g/mol. The van der Waals surface area contributed by atoms with Crippen molar-refractivity contribution in [3.63, 3.8) is 0 Å². The number of rotatable bonds is 9. The van der Waals surface area contributed by atoms with Gasteiger partial charge in [0.25, 0.3) is 0 Å². The molecule has 1 unspecified atom stereocenters. The number of benzene rings is 2. The normalized spacial score (nSPS) is 14.4. The van der Waals surface area contributed by atoms with Gasteiger partial charge in [0.2, 0.25) is 5.91 Å². The van der Waals surface area contributed by atoms with E-state index in [0.29, 0.717) is 12.3 Å². The molecular formula is C33H42N2O3. The topological polar surface area (TPSA) is 78.8 Å². The third kappa shape index (κ3) is 10.3. The first-order chi connectivity index (χ1) is 18.2. The summed E-state index contributed by atoms with van der Waals surface area (Å²) in [5, 5.41) is 11.7. The zero-order valence-corrected chi connectivity index (χ0v) is 23.5. The first-order valence-electron chi connectivity index (χ1n) is 13.5. The number of phenols is 1. The lowest BCUT2D eigenvalue weighted by atomic mass is 9.79. The maximum Gasteiger partial charge on any atom is 0.222 e. The van der Waals surface area contributed by atoms with Gasteiger partial charge in [0.1, 0.15) is 17.4 Å². The smallest absolute Gasteiger partial charge is 0.222 e. The summed E-state index contributed by atoms with van der Waals surface area (Å²) in [6.45, 7) is 9.28. The lowest BCUT2D eigenvalue weighted by molar-refractivity contribution is -0.118. The Morgan fingerprint density at radius 1 is 0.974 bits per heavy atom. The quantitative estimate of drug-likeness (QED) is 0.267. The fraction of sp³-hybridized carbons (Fsp3) is 0.364. The molecule has 202 valence electrons. The molecule has 0 fully saturated rings. The molecule has 2 N–H and O–H groups in total. The molecule has 0 bridgehead atoms. The minimum Gasteiger partial charge on any atom is -0.508 e. The van der Waals surface area contributed by atoms with Crippen LogP contribution in [0.25, 0.3) is 0 Å². The van der Waals surface area contributed by atoms with Gasteiger partial charge in [0, 0.05) is 25.0 Å². The Kier molecular flexibility index (Phi) is 13.0. The highest BCUT2D eigenvalue weighted by molar-refractivity contribution is 5.96. The standard InChI is InChI=1S/C24H32N2O.C9H10O2/c1-5-13-22(23(6-2)26-18(3)25-19(4)27)24(20-14-9-7-10-15-20)21-16-11-8-12-17-21;1-7(10)6-8-2-4-9(11)5-3-8/h7,9-11,14-17,24H,5-6,8,12-13H2,1-4H3,(H,25,26,27);2-5,11H,6H2,1H3/b23-22-;. The third-order valence-electron chi connectivity index (χ3n) is 6.11. The summed E-state index contributed by atoms with van der Waals surface area (Å²) in [7, 11) is 0. The molecule has 38 heavy (non-hydrogen) atoms. The van der Waals surface area contributed by atoms with Crippen molar-refractivity contribution in [1.29, 1.82) is 0 Å². The van der Waals surface area contributed by atoms with E-state index in [1.54, 1.807) is 31.2 Å². The van der Waals surface area contributed by atoms with Gasteiger partial charge in [-0.25, -0.2) is 4.99 Å². The second-order valence-corrected chi connectivity index (χ2v) is 9.53. The molecule has 1 aliphatic carbocycles. The van der Waals surface area contributed by atoms with Crippen LogP contribution in [0.3, 0.4) is 0 Å². The Labute approximate surface area is 228 Å². The van der Waals surface area contributed by atoms with Gasteiger partial charge in [0.05, 0.1) is 0 Å². The molecule has 0 spiro atoms. The van der Waals surface area contributed by atoms with Crippen molar-refractivity contribution in [2.45, 2.75) is 79.1 Å². The summed E-state index contributed by atoms with van der Waals surface area (Å²) >= 11 is 0. The molecule has 1 aliphatic rings. The van der Waals surface area contributed by atoms with Crippen molar-refractivity contribution in [1.82, 2.24) is 5.32 Å². The number of hydrogen-bond acceptors (Lipinski definition) is 4. The fourth-order valence-corrected chi connectivity index (χ4v) is 4.58. The summed E-state index contributed by atoms with van der Waals surface area (Å²) < 4.78 is 0. The van der Waals surface area contributed by atoms with Crippen LogP contribution < -0.4 is 5.32 Å². The van der Waals surface area contributed by atoms with Gasteiger partial charge in [-0.15, -0.1) is 0 Å². The molecule has 0 radical (unpaired) electrons. The predicted octanol–water partition coefficient (Wildman–Crippen LogP) is 7.59. The number of nitrogens with one attached hydrogen (secondary N) is 1. The summed E-state index contributed by atoms with van der Waals surface area (Å²) in [6, 6.07) is 17.4. The number of carbonyl (C=O) groups is 2. The van der Waals surface area contributed by atoms with Crippen molar-refractivity contribution in [3.05, 3.63) is 101 Å². The minimum absolute atomic E-state index is 0.0822. The van der Waals surface area contributed by atoms with E-state index in [1.165, 1.54) is 23.6 Å². The van der Waals surface area contributed by atoms with Crippen LogP contribution >= 0.6 is 0 Å². The summed E-state index contributed by atoms with van der Waals surface area (Å²) in [5.74, 6) is 1.16. The fourth-order valence-electron chi connectivity index (χ4n) is 4.58. The zero-order chi connectivity index (χ0) is 27.9. The minimum atomic E-state index is -0.0822. The maximum atomic E-state index is 11.4. The number of aromatic hydroxyl groups is 1. The number of hydrogen-bond donors (Lipinski definition) is 2. The van der Waals surface area contributed by atoms with Gasteiger partial charge in [-0.05, 0) is 73.9 Å². The average Bonchev–Trinajstić information content (AvgIpc) is 2.89. The Bertz CT molecular complexity index is 1170. The van der Waals surface area contributed by atoms with Crippen molar-refractivity contribution in [2.24, 2.45) is 4.99 Å². The van der Waals surface area contributed by atoms with E-state index in [9.17, 15) is 9.59 Å². The van der Waals surface area contributed by atoms with Gasteiger partial charge in [-0.2, -0.15) is 0 Å². The molecule has 3 rings (SSSR count). The first-order valence-corrected chi connectivity index (χ1v) is 13.5. The van der Waals surface area contributed by atoms with Gasteiger partial charge < -0.3 is 10.4 Å². The number of nitrogens with zero attached hydrogens (tertiary/aromatic N) is 1. The number of Topliss-reactive ketones (excluding diaryl/α,β-unsaturated/α-hetero) is 1. The number of amidine groups is 1. The highest BCUT2D eigenvalue weighted by atomic mass is 16.3. The molecule has 0 aliphatic heterocycles. The molecule has 0 aromatic heterocycles. The first kappa shape index (κ1) is 30.5. The zero-order valence-electron chi connectivity index (χ0n) is 23.5.